The average molecular weight is 477 g/mol. The molecule has 1 aromatic heterocycles. The van der Waals surface area contributed by atoms with Crippen molar-refractivity contribution in [1.29, 1.82) is 0 Å². The molecule has 2 aliphatic rings. The van der Waals surface area contributed by atoms with Gasteiger partial charge in [-0.05, 0) is 84.3 Å². The summed E-state index contributed by atoms with van der Waals surface area (Å²) in [5, 5.41) is 3.32. The zero-order chi connectivity index (χ0) is 24.6. The number of aromatic nitrogens is 1. The summed E-state index contributed by atoms with van der Waals surface area (Å²) >= 11 is 0. The van der Waals surface area contributed by atoms with E-state index >= 15 is 0 Å². The molecule has 0 saturated carbocycles. The van der Waals surface area contributed by atoms with Crippen LogP contribution >= 0.6 is 0 Å². The minimum absolute atomic E-state index is 0.0693. The fraction of sp³-hybridized carbons (Fsp3) is 0.258. The van der Waals surface area contributed by atoms with Gasteiger partial charge in [0.05, 0.1) is 18.3 Å². The summed E-state index contributed by atoms with van der Waals surface area (Å²) in [6.45, 7) is 0.527. The van der Waals surface area contributed by atoms with Gasteiger partial charge >= 0.3 is 6.03 Å². The number of carbonyl (C=O) groups is 1. The van der Waals surface area contributed by atoms with Crippen molar-refractivity contribution < 1.29 is 4.79 Å². The van der Waals surface area contributed by atoms with Crippen LogP contribution in [-0.4, -0.2) is 29.6 Å². The first-order chi connectivity index (χ1) is 17.6. The third-order valence-electron chi connectivity index (χ3n) is 7.59. The fourth-order valence-corrected chi connectivity index (χ4v) is 5.73. The largest absolute Gasteiger partial charge is 0.378 e. The normalized spacial score (nSPS) is 16.4. The molecule has 3 aromatic carbocycles. The summed E-state index contributed by atoms with van der Waals surface area (Å²) < 4.78 is 2.23. The highest BCUT2D eigenvalue weighted by Crippen LogP contribution is 2.38. The van der Waals surface area contributed by atoms with Gasteiger partial charge in [-0.1, -0.05) is 42.5 Å². The summed E-state index contributed by atoms with van der Waals surface area (Å²) in [5.41, 5.74) is 9.19. The molecule has 5 nitrogen and oxygen atoms in total. The maximum atomic E-state index is 14.1. The van der Waals surface area contributed by atoms with Crippen LogP contribution in [0.3, 0.4) is 0 Å². The maximum absolute atomic E-state index is 14.1. The highest BCUT2D eigenvalue weighted by Gasteiger charge is 2.33. The molecule has 0 radical (unpaired) electrons. The summed E-state index contributed by atoms with van der Waals surface area (Å²) in [6, 6.07) is 27.2. The Morgan fingerprint density at radius 3 is 2.47 bits per heavy atom. The van der Waals surface area contributed by atoms with E-state index < -0.39 is 0 Å². The first-order valence-corrected chi connectivity index (χ1v) is 12.8. The molecule has 1 aliphatic heterocycles. The fourth-order valence-electron chi connectivity index (χ4n) is 5.73. The van der Waals surface area contributed by atoms with Crippen LogP contribution in [0.15, 0.2) is 85.1 Å². The molecule has 5 heteroatoms. The molecule has 2 heterocycles. The van der Waals surface area contributed by atoms with Crippen LogP contribution in [0.2, 0.25) is 0 Å². The van der Waals surface area contributed by atoms with E-state index in [0.29, 0.717) is 6.54 Å². The minimum Gasteiger partial charge on any atom is -0.378 e. The average Bonchev–Trinajstić information content (AvgIpc) is 3.33. The molecule has 0 fully saturated rings. The zero-order valence-corrected chi connectivity index (χ0v) is 20.9. The highest BCUT2D eigenvalue weighted by atomic mass is 16.2. The van der Waals surface area contributed by atoms with Gasteiger partial charge in [0.15, 0.2) is 0 Å². The number of urea groups is 1. The van der Waals surface area contributed by atoms with Crippen LogP contribution < -0.4 is 10.2 Å². The number of nitrogens with one attached hydrogen (secondary N) is 1. The second-order valence-corrected chi connectivity index (χ2v) is 10.0. The monoisotopic (exact) mass is 476 g/mol. The summed E-state index contributed by atoms with van der Waals surface area (Å²) in [4.78, 5) is 18.2. The lowest BCUT2D eigenvalue weighted by atomic mass is 9.90. The number of hydrogen-bond donors (Lipinski definition) is 1. The van der Waals surface area contributed by atoms with Crippen LogP contribution in [0.1, 0.15) is 46.8 Å². The highest BCUT2D eigenvalue weighted by molar-refractivity contribution is 5.91. The van der Waals surface area contributed by atoms with Crippen molar-refractivity contribution in [1.82, 2.24) is 9.47 Å². The van der Waals surface area contributed by atoms with Crippen molar-refractivity contribution in [3.63, 3.8) is 0 Å². The molecule has 0 bridgehead atoms. The molecular weight excluding hydrogens is 444 g/mol. The zero-order valence-electron chi connectivity index (χ0n) is 20.9. The topological polar surface area (TPSA) is 40.5 Å². The molecule has 36 heavy (non-hydrogen) atoms. The van der Waals surface area contributed by atoms with Crippen LogP contribution in [0.5, 0.6) is 0 Å². The smallest absolute Gasteiger partial charge is 0.322 e. The van der Waals surface area contributed by atoms with E-state index in [4.69, 9.17) is 0 Å². The molecule has 0 saturated heterocycles. The Morgan fingerprint density at radius 1 is 0.861 bits per heavy atom. The number of fused-ring (bicyclic) bond motifs is 4. The maximum Gasteiger partial charge on any atom is 0.322 e. The molecule has 6 rings (SSSR count). The van der Waals surface area contributed by atoms with E-state index in [1.54, 1.807) is 0 Å². The first kappa shape index (κ1) is 22.5. The second kappa shape index (κ2) is 9.23. The molecule has 1 N–H and O–H groups in total. The Balaban J connectivity index is 1.44. The molecule has 2 amide bonds. The van der Waals surface area contributed by atoms with E-state index in [0.717, 1.165) is 46.7 Å². The molecule has 1 aliphatic carbocycles. The predicted octanol–water partition coefficient (Wildman–Crippen LogP) is 6.56. The lowest BCUT2D eigenvalue weighted by Crippen LogP contribution is -2.38. The van der Waals surface area contributed by atoms with Crippen molar-refractivity contribution in [2.75, 3.05) is 24.3 Å². The summed E-state index contributed by atoms with van der Waals surface area (Å²) in [5.74, 6) is 0. The van der Waals surface area contributed by atoms with E-state index in [2.05, 4.69) is 99.8 Å². The van der Waals surface area contributed by atoms with Crippen LogP contribution in [-0.2, 0) is 19.4 Å². The van der Waals surface area contributed by atoms with Crippen LogP contribution in [0, 0.1) is 0 Å². The number of carbonyl (C=O) groups excluding carboxylic acids is 1. The van der Waals surface area contributed by atoms with Gasteiger partial charge in [-0.2, -0.15) is 0 Å². The van der Waals surface area contributed by atoms with Crippen molar-refractivity contribution in [2.45, 2.75) is 38.3 Å². The Bertz CT molecular complexity index is 1400. The number of amides is 2. The number of nitrogens with zero attached hydrogens (tertiary/aromatic N) is 3. The number of anilines is 2. The number of rotatable bonds is 3. The van der Waals surface area contributed by atoms with E-state index in [1.165, 1.54) is 24.0 Å². The van der Waals surface area contributed by atoms with Gasteiger partial charge in [-0.15, -0.1) is 0 Å². The van der Waals surface area contributed by atoms with Crippen molar-refractivity contribution in [3.05, 3.63) is 113 Å². The first-order valence-electron chi connectivity index (χ1n) is 12.8. The van der Waals surface area contributed by atoms with Crippen molar-refractivity contribution in [3.8, 4) is 5.69 Å². The standard InChI is InChI=1S/C31H32N4O/c1-33(2)25-18-16-23(17-19-25)30-29-15-8-20-34(29)28-14-6-4-10-24(28)21-35(30)31(36)32-27-13-7-11-22-9-3-5-12-26(22)27/h4,6-8,10-11,13-20,30H,3,5,9,12,21H2,1-2H3,(H,32,36)/t30-/m0/s1. The van der Waals surface area contributed by atoms with Crippen molar-refractivity contribution in [2.24, 2.45) is 0 Å². The van der Waals surface area contributed by atoms with Crippen molar-refractivity contribution >= 4 is 17.4 Å². The van der Waals surface area contributed by atoms with Gasteiger partial charge in [0.25, 0.3) is 0 Å². The number of benzene rings is 3. The van der Waals surface area contributed by atoms with Gasteiger partial charge in [0, 0.05) is 37.4 Å². The summed E-state index contributed by atoms with van der Waals surface area (Å²) in [7, 11) is 4.09. The lowest BCUT2D eigenvalue weighted by Gasteiger charge is -2.32. The van der Waals surface area contributed by atoms with E-state index in [1.807, 2.05) is 19.0 Å². The van der Waals surface area contributed by atoms with E-state index in [-0.39, 0.29) is 12.1 Å². The Labute approximate surface area is 213 Å². The Hall–Kier alpha value is -3.99. The lowest BCUT2D eigenvalue weighted by molar-refractivity contribution is 0.194. The molecular formula is C31H32N4O. The molecule has 4 aromatic rings. The number of aryl methyl sites for hydroxylation is 1. The summed E-state index contributed by atoms with van der Waals surface area (Å²) in [6.07, 6.45) is 6.60. The third kappa shape index (κ3) is 3.95. The number of para-hydroxylation sites is 1. The van der Waals surface area contributed by atoms with Gasteiger partial charge in [0.2, 0.25) is 0 Å². The van der Waals surface area contributed by atoms with Gasteiger partial charge < -0.3 is 19.7 Å². The van der Waals surface area contributed by atoms with Crippen LogP contribution in [0.25, 0.3) is 5.69 Å². The molecule has 182 valence electrons. The number of hydrogen-bond acceptors (Lipinski definition) is 2. The molecule has 0 spiro atoms. The van der Waals surface area contributed by atoms with Gasteiger partial charge in [0.1, 0.15) is 0 Å². The Morgan fingerprint density at radius 2 is 1.64 bits per heavy atom. The molecule has 1 atom stereocenters. The predicted molar refractivity (Wildman–Crippen MR) is 146 cm³/mol. The van der Waals surface area contributed by atoms with Crippen LogP contribution in [0.4, 0.5) is 16.2 Å². The minimum atomic E-state index is -0.219. The van der Waals surface area contributed by atoms with Gasteiger partial charge in [-0.25, -0.2) is 4.79 Å². The second-order valence-electron chi connectivity index (χ2n) is 10.0. The molecule has 0 unspecified atom stereocenters. The quantitative estimate of drug-likeness (QED) is 0.364. The third-order valence-corrected chi connectivity index (χ3v) is 7.59. The Kier molecular flexibility index (Phi) is 5.76. The SMILES string of the molecule is CN(C)c1ccc([C@H]2c3cccn3-c3ccccc3CN2C(=O)Nc2cccc3c2CCCC3)cc1. The van der Waals surface area contributed by atoms with E-state index in [9.17, 15) is 4.79 Å². The van der Waals surface area contributed by atoms with Gasteiger partial charge in [-0.3, -0.25) is 0 Å².